The Morgan fingerprint density at radius 1 is 1.53 bits per heavy atom. The molecule has 0 aromatic heterocycles. The Hall–Kier alpha value is -0.760. The van der Waals surface area contributed by atoms with Crippen LogP contribution in [0.25, 0.3) is 0 Å². The van der Waals surface area contributed by atoms with Gasteiger partial charge in [0.05, 0.1) is 30.7 Å². The SMILES string of the molecule is C=C(C)C(=O)OCCCCC(O)COS(=O)[O-]. The molecule has 0 rings (SSSR count). The van der Waals surface area contributed by atoms with E-state index in [4.69, 9.17) is 4.74 Å². The van der Waals surface area contributed by atoms with E-state index >= 15 is 0 Å². The highest BCUT2D eigenvalue weighted by Gasteiger charge is 2.05. The highest BCUT2D eigenvalue weighted by atomic mass is 32.2. The second kappa shape index (κ2) is 9.29. The molecule has 0 saturated heterocycles. The Kier molecular flexibility index (Phi) is 8.87. The molecule has 0 aliphatic rings. The van der Waals surface area contributed by atoms with Gasteiger partial charge in [0.1, 0.15) is 0 Å². The van der Waals surface area contributed by atoms with Gasteiger partial charge < -0.3 is 14.4 Å². The van der Waals surface area contributed by atoms with Gasteiger partial charge in [-0.25, -0.2) is 9.00 Å². The third-order valence-corrected chi connectivity index (χ3v) is 2.20. The lowest BCUT2D eigenvalue weighted by Crippen LogP contribution is -2.16. The Bertz CT molecular complexity index is 278. The summed E-state index contributed by atoms with van der Waals surface area (Å²) in [6.07, 6.45) is 0.766. The lowest BCUT2D eigenvalue weighted by molar-refractivity contribution is -0.139. The quantitative estimate of drug-likeness (QED) is 0.281. The molecular weight excluding hydrogens is 248 g/mol. The van der Waals surface area contributed by atoms with E-state index in [1.54, 1.807) is 6.92 Å². The maximum atomic E-state index is 11.0. The van der Waals surface area contributed by atoms with Crippen LogP contribution in [0.2, 0.25) is 0 Å². The molecule has 1 N–H and O–H groups in total. The zero-order valence-electron chi connectivity index (χ0n) is 9.72. The van der Waals surface area contributed by atoms with Crippen molar-refractivity contribution in [3.05, 3.63) is 12.2 Å². The topological polar surface area (TPSA) is 95.9 Å². The van der Waals surface area contributed by atoms with Gasteiger partial charge in [-0.05, 0) is 26.2 Å². The summed E-state index contributed by atoms with van der Waals surface area (Å²) in [6.45, 7) is 5.00. The molecule has 6 nitrogen and oxygen atoms in total. The summed E-state index contributed by atoms with van der Waals surface area (Å²) in [5.74, 6) is -0.435. The lowest BCUT2D eigenvalue weighted by atomic mass is 10.2. The van der Waals surface area contributed by atoms with Gasteiger partial charge in [0.2, 0.25) is 0 Å². The molecule has 0 bridgehead atoms. The van der Waals surface area contributed by atoms with Crippen molar-refractivity contribution in [2.24, 2.45) is 0 Å². The van der Waals surface area contributed by atoms with Crippen molar-refractivity contribution in [1.29, 1.82) is 0 Å². The van der Waals surface area contributed by atoms with Crippen molar-refractivity contribution in [2.45, 2.75) is 32.3 Å². The molecule has 0 aromatic rings. The maximum absolute atomic E-state index is 11.0. The average Bonchev–Trinajstić information content (AvgIpc) is 2.25. The van der Waals surface area contributed by atoms with E-state index in [-0.39, 0.29) is 13.2 Å². The van der Waals surface area contributed by atoms with E-state index in [0.29, 0.717) is 24.8 Å². The first kappa shape index (κ1) is 16.2. The van der Waals surface area contributed by atoms with Crippen LogP contribution in [0.5, 0.6) is 0 Å². The summed E-state index contributed by atoms with van der Waals surface area (Å²) in [5.41, 5.74) is 0.344. The maximum Gasteiger partial charge on any atom is 0.333 e. The van der Waals surface area contributed by atoms with Gasteiger partial charge in [0.15, 0.2) is 0 Å². The minimum Gasteiger partial charge on any atom is -0.750 e. The lowest BCUT2D eigenvalue weighted by Gasteiger charge is -2.11. The molecule has 2 unspecified atom stereocenters. The number of hydrogen-bond donors (Lipinski definition) is 1. The Balaban J connectivity index is 3.42. The molecule has 17 heavy (non-hydrogen) atoms. The number of aliphatic hydroxyl groups is 1. The molecule has 0 fully saturated rings. The molecule has 0 saturated carbocycles. The molecule has 0 aromatic carbocycles. The normalized spacial score (nSPS) is 14.1. The molecule has 100 valence electrons. The van der Waals surface area contributed by atoms with Crippen LogP contribution in [0.3, 0.4) is 0 Å². The third-order valence-electron chi connectivity index (χ3n) is 1.87. The third kappa shape index (κ3) is 10.1. The van der Waals surface area contributed by atoms with Crippen LogP contribution in [0.15, 0.2) is 12.2 Å². The van der Waals surface area contributed by atoms with Gasteiger partial charge in [-0.3, -0.25) is 4.18 Å². The zero-order chi connectivity index (χ0) is 13.3. The van der Waals surface area contributed by atoms with Crippen molar-refractivity contribution < 1.29 is 27.6 Å². The number of unbranched alkanes of at least 4 members (excludes halogenated alkanes) is 1. The molecule has 0 heterocycles. The van der Waals surface area contributed by atoms with Crippen molar-refractivity contribution in [2.75, 3.05) is 13.2 Å². The Morgan fingerprint density at radius 2 is 2.18 bits per heavy atom. The van der Waals surface area contributed by atoms with Gasteiger partial charge in [-0.1, -0.05) is 6.58 Å². The molecule has 7 heteroatoms. The van der Waals surface area contributed by atoms with Crippen molar-refractivity contribution in [3.8, 4) is 0 Å². The van der Waals surface area contributed by atoms with Crippen molar-refractivity contribution >= 4 is 17.3 Å². The predicted molar refractivity (Wildman–Crippen MR) is 60.5 cm³/mol. The van der Waals surface area contributed by atoms with Gasteiger partial charge >= 0.3 is 5.97 Å². The fourth-order valence-electron chi connectivity index (χ4n) is 0.988. The number of rotatable bonds is 9. The number of carbonyl (C=O) groups excluding carboxylic acids is 1. The second-order valence-corrected chi connectivity index (χ2v) is 4.20. The Morgan fingerprint density at radius 3 is 2.71 bits per heavy atom. The first-order chi connectivity index (χ1) is 7.93. The van der Waals surface area contributed by atoms with Gasteiger partial charge in [-0.2, -0.15) is 0 Å². The summed E-state index contributed by atoms with van der Waals surface area (Å²) >= 11 is -2.60. The fourth-order valence-corrected chi connectivity index (χ4v) is 1.26. The first-order valence-electron chi connectivity index (χ1n) is 5.16. The van der Waals surface area contributed by atoms with E-state index in [2.05, 4.69) is 10.8 Å². The first-order valence-corrected chi connectivity index (χ1v) is 6.16. The average molecular weight is 265 g/mol. The summed E-state index contributed by atoms with van der Waals surface area (Å²) in [7, 11) is 0. The molecule has 0 radical (unpaired) electrons. The molecule has 0 aliphatic heterocycles. The minimum absolute atomic E-state index is 0.248. The second-order valence-electron chi connectivity index (χ2n) is 3.55. The van der Waals surface area contributed by atoms with Crippen LogP contribution in [-0.4, -0.2) is 39.2 Å². The van der Waals surface area contributed by atoms with Crippen LogP contribution >= 0.6 is 0 Å². The van der Waals surface area contributed by atoms with Crippen molar-refractivity contribution in [3.63, 3.8) is 0 Å². The molecule has 0 aliphatic carbocycles. The number of carbonyl (C=O) groups is 1. The minimum atomic E-state index is -2.60. The summed E-state index contributed by atoms with van der Waals surface area (Å²) in [4.78, 5) is 11.0. The van der Waals surface area contributed by atoms with E-state index in [1.165, 1.54) is 0 Å². The standard InChI is InChI=1S/C10H18O6S/c1-8(2)10(12)15-6-4-3-5-9(11)7-16-17(13)14/h9,11H,1,3-7H2,2H3,(H,13,14)/p-1. The molecule has 0 spiro atoms. The van der Waals surface area contributed by atoms with Gasteiger partial charge in [0.25, 0.3) is 0 Å². The van der Waals surface area contributed by atoms with E-state index in [9.17, 15) is 18.7 Å². The number of esters is 1. The number of hydrogen-bond acceptors (Lipinski definition) is 6. The number of aliphatic hydroxyl groups excluding tert-OH is 1. The van der Waals surface area contributed by atoms with Crippen LogP contribution in [0, 0.1) is 0 Å². The molecular formula is C10H17O6S-. The predicted octanol–water partition coefficient (Wildman–Crippen LogP) is 0.448. The number of ether oxygens (including phenoxy) is 1. The summed E-state index contributed by atoms with van der Waals surface area (Å²) in [5, 5.41) is 9.27. The van der Waals surface area contributed by atoms with E-state index < -0.39 is 23.4 Å². The Labute approximate surface area is 103 Å². The van der Waals surface area contributed by atoms with Crippen LogP contribution in [0.4, 0.5) is 0 Å². The van der Waals surface area contributed by atoms with Gasteiger partial charge in [-0.15, -0.1) is 0 Å². The van der Waals surface area contributed by atoms with Gasteiger partial charge in [0, 0.05) is 5.57 Å². The summed E-state index contributed by atoms with van der Waals surface area (Å²) < 4.78 is 29.1. The summed E-state index contributed by atoms with van der Waals surface area (Å²) in [6, 6.07) is 0. The molecule has 0 amide bonds. The molecule has 2 atom stereocenters. The van der Waals surface area contributed by atoms with Crippen molar-refractivity contribution in [1.82, 2.24) is 0 Å². The largest absolute Gasteiger partial charge is 0.750 e. The van der Waals surface area contributed by atoms with Crippen LogP contribution < -0.4 is 0 Å². The fraction of sp³-hybridized carbons (Fsp3) is 0.700. The highest BCUT2D eigenvalue weighted by molar-refractivity contribution is 7.74. The van der Waals surface area contributed by atoms with Crippen LogP contribution in [0.1, 0.15) is 26.2 Å². The smallest absolute Gasteiger partial charge is 0.333 e. The highest BCUT2D eigenvalue weighted by Crippen LogP contribution is 2.03. The monoisotopic (exact) mass is 265 g/mol. The van der Waals surface area contributed by atoms with Crippen LogP contribution in [-0.2, 0) is 25.1 Å². The van der Waals surface area contributed by atoms with E-state index in [0.717, 1.165) is 0 Å². The van der Waals surface area contributed by atoms with E-state index in [1.807, 2.05) is 0 Å². The zero-order valence-corrected chi connectivity index (χ0v) is 10.5.